The van der Waals surface area contributed by atoms with Crippen LogP contribution in [0, 0.1) is 22.6 Å². The van der Waals surface area contributed by atoms with Gasteiger partial charge in [0.15, 0.2) is 0 Å². The van der Waals surface area contributed by atoms with Gasteiger partial charge in [0, 0.05) is 17.5 Å². The Morgan fingerprint density at radius 1 is 1.27 bits per heavy atom. The number of hydrogen-bond donors (Lipinski definition) is 2. The standard InChI is InChI=1S/C18H23FN2O4S/c1-17(2)12-7-8-18(17,15(22)9-12)11-26(24,25)20-10-16(23)21-14-5-3-13(19)4-6-14/h3-6,12,20H,7-11H2,1-2H3,(H,21,23). The second-order valence-corrected chi connectivity index (χ2v) is 9.61. The van der Waals surface area contributed by atoms with Gasteiger partial charge in [-0.1, -0.05) is 13.8 Å². The summed E-state index contributed by atoms with van der Waals surface area (Å²) in [5.74, 6) is -1.03. The third kappa shape index (κ3) is 3.27. The second-order valence-electron chi connectivity index (χ2n) is 7.80. The molecule has 0 aromatic heterocycles. The molecule has 0 aliphatic heterocycles. The quantitative estimate of drug-likeness (QED) is 0.788. The molecule has 2 unspecified atom stereocenters. The summed E-state index contributed by atoms with van der Waals surface area (Å²) in [6, 6.07) is 5.17. The average molecular weight is 382 g/mol. The lowest BCUT2D eigenvalue weighted by atomic mass is 9.70. The Morgan fingerprint density at radius 2 is 1.92 bits per heavy atom. The molecule has 2 atom stereocenters. The van der Waals surface area contributed by atoms with E-state index in [1.807, 2.05) is 13.8 Å². The maximum Gasteiger partial charge on any atom is 0.239 e. The summed E-state index contributed by atoms with van der Waals surface area (Å²) < 4.78 is 40.2. The van der Waals surface area contributed by atoms with E-state index in [4.69, 9.17) is 0 Å². The minimum Gasteiger partial charge on any atom is -0.325 e. The number of sulfonamides is 1. The fourth-order valence-corrected chi connectivity index (χ4v) is 6.18. The molecule has 2 N–H and O–H groups in total. The number of benzene rings is 1. The van der Waals surface area contributed by atoms with Gasteiger partial charge >= 0.3 is 0 Å². The highest BCUT2D eigenvalue weighted by molar-refractivity contribution is 7.89. The van der Waals surface area contributed by atoms with Gasteiger partial charge in [-0.15, -0.1) is 0 Å². The van der Waals surface area contributed by atoms with Crippen molar-refractivity contribution in [3.63, 3.8) is 0 Å². The van der Waals surface area contributed by atoms with Crippen molar-refractivity contribution in [3.05, 3.63) is 30.1 Å². The maximum atomic E-state index is 12.9. The monoisotopic (exact) mass is 382 g/mol. The third-order valence-corrected chi connectivity index (χ3v) is 7.61. The van der Waals surface area contributed by atoms with Gasteiger partial charge in [0.05, 0.1) is 12.3 Å². The van der Waals surface area contributed by atoms with E-state index in [0.717, 1.165) is 6.42 Å². The van der Waals surface area contributed by atoms with Crippen LogP contribution in [-0.2, 0) is 19.6 Å². The summed E-state index contributed by atoms with van der Waals surface area (Å²) in [4.78, 5) is 24.4. The highest BCUT2D eigenvalue weighted by Crippen LogP contribution is 2.64. The Hall–Kier alpha value is -1.80. The van der Waals surface area contributed by atoms with Gasteiger partial charge in [0.25, 0.3) is 0 Å². The Labute approximate surface area is 152 Å². The van der Waals surface area contributed by atoms with Crippen molar-refractivity contribution >= 4 is 27.4 Å². The van der Waals surface area contributed by atoms with E-state index < -0.39 is 33.7 Å². The third-order valence-electron chi connectivity index (χ3n) is 6.16. The van der Waals surface area contributed by atoms with Crippen LogP contribution in [0.1, 0.15) is 33.1 Å². The summed E-state index contributed by atoms with van der Waals surface area (Å²) in [5.41, 5.74) is -0.841. The van der Waals surface area contributed by atoms with Gasteiger partial charge in [-0.25, -0.2) is 17.5 Å². The van der Waals surface area contributed by atoms with E-state index >= 15 is 0 Å². The number of amides is 1. The van der Waals surface area contributed by atoms with Crippen LogP contribution in [0.15, 0.2) is 24.3 Å². The number of carbonyl (C=O) groups is 2. The van der Waals surface area contributed by atoms with Crippen molar-refractivity contribution in [3.8, 4) is 0 Å². The molecule has 0 radical (unpaired) electrons. The molecule has 2 saturated carbocycles. The molecule has 2 aliphatic rings. The molecule has 0 spiro atoms. The van der Waals surface area contributed by atoms with Crippen molar-refractivity contribution in [1.29, 1.82) is 0 Å². The summed E-state index contributed by atoms with van der Waals surface area (Å²) in [6.45, 7) is 3.49. The number of carbonyl (C=O) groups excluding carboxylic acids is 2. The SMILES string of the molecule is CC1(C)C2CCC1(CS(=O)(=O)NCC(=O)Nc1ccc(F)cc1)C(=O)C2. The molecule has 1 aromatic rings. The minimum absolute atomic E-state index is 0.0138. The van der Waals surface area contributed by atoms with Gasteiger partial charge in [0.2, 0.25) is 15.9 Å². The molecule has 8 heteroatoms. The number of fused-ring (bicyclic) bond motifs is 2. The van der Waals surface area contributed by atoms with Gasteiger partial charge < -0.3 is 5.32 Å². The van der Waals surface area contributed by atoms with Gasteiger partial charge in [-0.3, -0.25) is 9.59 Å². The smallest absolute Gasteiger partial charge is 0.239 e. The van der Waals surface area contributed by atoms with Crippen LogP contribution in [0.4, 0.5) is 10.1 Å². The number of rotatable bonds is 6. The molecule has 1 aromatic carbocycles. The lowest BCUT2D eigenvalue weighted by molar-refractivity contribution is -0.128. The first-order valence-corrected chi connectivity index (χ1v) is 10.3. The molecular weight excluding hydrogens is 359 g/mol. The van der Waals surface area contributed by atoms with E-state index in [9.17, 15) is 22.4 Å². The molecule has 1 amide bonds. The van der Waals surface area contributed by atoms with Crippen LogP contribution in [0.3, 0.4) is 0 Å². The molecule has 0 heterocycles. The fraction of sp³-hybridized carbons (Fsp3) is 0.556. The number of nitrogens with one attached hydrogen (secondary N) is 2. The summed E-state index contributed by atoms with van der Waals surface area (Å²) in [7, 11) is -3.80. The molecule has 2 aliphatic carbocycles. The predicted molar refractivity (Wildman–Crippen MR) is 95.4 cm³/mol. The first kappa shape index (κ1) is 19.0. The molecule has 3 rings (SSSR count). The normalized spacial score (nSPS) is 26.9. The van der Waals surface area contributed by atoms with E-state index in [1.165, 1.54) is 24.3 Å². The van der Waals surface area contributed by atoms with Gasteiger partial charge in [0.1, 0.15) is 11.6 Å². The number of anilines is 1. The number of halogens is 1. The summed E-state index contributed by atoms with van der Waals surface area (Å²) in [5, 5.41) is 2.49. The number of ketones is 1. The molecule has 142 valence electrons. The van der Waals surface area contributed by atoms with Crippen LogP contribution < -0.4 is 10.0 Å². The zero-order valence-electron chi connectivity index (χ0n) is 14.8. The number of hydrogen-bond acceptors (Lipinski definition) is 4. The largest absolute Gasteiger partial charge is 0.325 e. The number of Topliss-reactive ketones (excluding diaryl/α,β-unsaturated/α-hetero) is 1. The zero-order chi connectivity index (χ0) is 19.2. The first-order valence-electron chi connectivity index (χ1n) is 8.62. The van der Waals surface area contributed by atoms with E-state index in [1.54, 1.807) is 0 Å². The van der Waals surface area contributed by atoms with E-state index in [-0.39, 0.29) is 22.9 Å². The van der Waals surface area contributed by atoms with E-state index in [0.29, 0.717) is 18.5 Å². The molecular formula is C18H23FN2O4S. The molecule has 2 bridgehead atoms. The molecule has 26 heavy (non-hydrogen) atoms. The predicted octanol–water partition coefficient (Wildman–Crippen LogP) is 2.08. The second kappa shape index (κ2) is 6.42. The van der Waals surface area contributed by atoms with Crippen molar-refractivity contribution in [2.75, 3.05) is 17.6 Å². The summed E-state index contributed by atoms with van der Waals surface area (Å²) in [6.07, 6.45) is 1.87. The van der Waals surface area contributed by atoms with Gasteiger partial charge in [-0.2, -0.15) is 0 Å². The van der Waals surface area contributed by atoms with Crippen LogP contribution >= 0.6 is 0 Å². The average Bonchev–Trinajstić information content (AvgIpc) is 2.89. The Kier molecular flexibility index (Phi) is 4.69. The van der Waals surface area contributed by atoms with Crippen molar-refractivity contribution < 1.29 is 22.4 Å². The maximum absolute atomic E-state index is 12.9. The van der Waals surface area contributed by atoms with Crippen LogP contribution in [-0.4, -0.2) is 32.4 Å². The van der Waals surface area contributed by atoms with Crippen molar-refractivity contribution in [2.45, 2.75) is 33.1 Å². The Balaban J connectivity index is 1.62. The van der Waals surface area contributed by atoms with Gasteiger partial charge in [-0.05, 0) is 48.4 Å². The Bertz CT molecular complexity index is 835. The molecule has 0 saturated heterocycles. The van der Waals surface area contributed by atoms with Crippen LogP contribution in [0.5, 0.6) is 0 Å². The summed E-state index contributed by atoms with van der Waals surface area (Å²) >= 11 is 0. The topological polar surface area (TPSA) is 92.3 Å². The minimum atomic E-state index is -3.80. The fourth-order valence-electron chi connectivity index (χ4n) is 4.40. The Morgan fingerprint density at radius 3 is 2.46 bits per heavy atom. The highest BCUT2D eigenvalue weighted by Gasteiger charge is 2.65. The lowest BCUT2D eigenvalue weighted by Crippen LogP contribution is -2.46. The van der Waals surface area contributed by atoms with Crippen molar-refractivity contribution in [2.24, 2.45) is 16.7 Å². The first-order chi connectivity index (χ1) is 12.1. The zero-order valence-corrected chi connectivity index (χ0v) is 15.7. The molecule has 2 fully saturated rings. The van der Waals surface area contributed by atoms with Crippen molar-refractivity contribution in [1.82, 2.24) is 4.72 Å². The molecule has 6 nitrogen and oxygen atoms in total. The highest BCUT2D eigenvalue weighted by atomic mass is 32.2. The van der Waals surface area contributed by atoms with E-state index in [2.05, 4.69) is 10.0 Å². The van der Waals surface area contributed by atoms with Crippen LogP contribution in [0.2, 0.25) is 0 Å². The van der Waals surface area contributed by atoms with Crippen LogP contribution in [0.25, 0.3) is 0 Å². The lowest BCUT2D eigenvalue weighted by Gasteiger charge is -2.36.